The average Bonchev–Trinajstić information content (AvgIpc) is 2.91. The van der Waals surface area contributed by atoms with E-state index in [4.69, 9.17) is 5.11 Å². The van der Waals surface area contributed by atoms with Gasteiger partial charge < -0.3 is 14.9 Å². The molecule has 1 unspecified atom stereocenters. The van der Waals surface area contributed by atoms with Gasteiger partial charge in [0.2, 0.25) is 0 Å². The largest absolute Gasteiger partial charge is 0.465 e. The van der Waals surface area contributed by atoms with Crippen molar-refractivity contribution >= 4 is 6.09 Å². The number of likely N-dealkylation sites (tertiary alicyclic amines) is 2. The molecule has 6 heteroatoms. The Balaban J connectivity index is 1.51. The van der Waals surface area contributed by atoms with Crippen molar-refractivity contribution < 1.29 is 9.90 Å². The van der Waals surface area contributed by atoms with Crippen molar-refractivity contribution in [2.75, 3.05) is 26.2 Å². The summed E-state index contributed by atoms with van der Waals surface area (Å²) in [6.07, 6.45) is 6.52. The summed E-state index contributed by atoms with van der Waals surface area (Å²) in [4.78, 5) is 15.2. The third-order valence-corrected chi connectivity index (χ3v) is 4.95. The van der Waals surface area contributed by atoms with E-state index in [0.29, 0.717) is 25.0 Å². The van der Waals surface area contributed by atoms with Crippen LogP contribution >= 0.6 is 0 Å². The lowest BCUT2D eigenvalue weighted by Gasteiger charge is -2.36. The van der Waals surface area contributed by atoms with Crippen LogP contribution in [-0.2, 0) is 0 Å². The predicted octanol–water partition coefficient (Wildman–Crippen LogP) is 2.12. The Morgan fingerprint density at radius 1 is 1.19 bits per heavy atom. The van der Waals surface area contributed by atoms with E-state index in [1.54, 1.807) is 4.90 Å². The maximum atomic E-state index is 11.1. The summed E-state index contributed by atoms with van der Waals surface area (Å²) in [6.45, 7) is 3.58. The first-order valence-electron chi connectivity index (χ1n) is 7.95. The molecule has 0 radical (unpaired) electrons. The van der Waals surface area contributed by atoms with Crippen LogP contribution in [-0.4, -0.2) is 63.4 Å². The van der Waals surface area contributed by atoms with Crippen LogP contribution < -0.4 is 0 Å². The second kappa shape index (κ2) is 6.47. The molecular formula is C15H24N4O2. The molecule has 0 spiro atoms. The van der Waals surface area contributed by atoms with Crippen molar-refractivity contribution in [1.82, 2.24) is 20.0 Å². The lowest BCUT2D eigenvalue weighted by molar-refractivity contribution is 0.131. The summed E-state index contributed by atoms with van der Waals surface area (Å²) in [5, 5.41) is 16.3. The van der Waals surface area contributed by atoms with Crippen molar-refractivity contribution in [2.24, 2.45) is 0 Å². The molecule has 2 saturated heterocycles. The smallest absolute Gasteiger partial charge is 0.407 e. The molecule has 2 aliphatic heterocycles. The van der Waals surface area contributed by atoms with E-state index in [2.05, 4.69) is 21.2 Å². The molecular weight excluding hydrogens is 268 g/mol. The van der Waals surface area contributed by atoms with Gasteiger partial charge in [-0.2, -0.15) is 5.10 Å². The molecule has 2 aliphatic rings. The van der Waals surface area contributed by atoms with E-state index in [1.807, 2.05) is 6.20 Å². The molecule has 3 rings (SSSR count). The number of nitrogens with one attached hydrogen (secondary N) is 1. The standard InChI is InChI=1S/C15H24N4O2/c20-15(21)19-8-1-2-13(6-11-19)18-9-4-12(5-10-18)14-3-7-16-17-14/h3,7,12-13H,1-2,4-6,8-11H2,(H,16,17)(H,20,21). The van der Waals surface area contributed by atoms with Gasteiger partial charge >= 0.3 is 6.09 Å². The predicted molar refractivity (Wildman–Crippen MR) is 79.4 cm³/mol. The zero-order valence-electron chi connectivity index (χ0n) is 12.4. The molecule has 2 N–H and O–H groups in total. The van der Waals surface area contributed by atoms with E-state index in [-0.39, 0.29) is 0 Å². The molecule has 1 amide bonds. The van der Waals surface area contributed by atoms with Gasteiger partial charge in [0.25, 0.3) is 0 Å². The topological polar surface area (TPSA) is 72.5 Å². The number of carboxylic acid groups (broad SMARTS) is 1. The normalized spacial score (nSPS) is 25.7. The molecule has 0 saturated carbocycles. The highest BCUT2D eigenvalue weighted by molar-refractivity contribution is 5.64. The van der Waals surface area contributed by atoms with Crippen LogP contribution in [0.3, 0.4) is 0 Å². The van der Waals surface area contributed by atoms with E-state index in [1.165, 1.54) is 5.69 Å². The molecule has 1 aromatic rings. The third kappa shape index (κ3) is 3.37. The lowest BCUT2D eigenvalue weighted by Crippen LogP contribution is -2.41. The quantitative estimate of drug-likeness (QED) is 0.876. The highest BCUT2D eigenvalue weighted by atomic mass is 16.4. The summed E-state index contributed by atoms with van der Waals surface area (Å²) in [7, 11) is 0. The fourth-order valence-corrected chi connectivity index (χ4v) is 3.69. The maximum absolute atomic E-state index is 11.1. The van der Waals surface area contributed by atoms with Crippen LogP contribution in [0.15, 0.2) is 12.3 Å². The maximum Gasteiger partial charge on any atom is 0.407 e. The second-order valence-electron chi connectivity index (χ2n) is 6.16. The highest BCUT2D eigenvalue weighted by Gasteiger charge is 2.28. The highest BCUT2D eigenvalue weighted by Crippen LogP contribution is 2.29. The summed E-state index contributed by atoms with van der Waals surface area (Å²) < 4.78 is 0. The van der Waals surface area contributed by atoms with E-state index in [9.17, 15) is 4.79 Å². The Morgan fingerprint density at radius 3 is 2.67 bits per heavy atom. The third-order valence-electron chi connectivity index (χ3n) is 4.95. The van der Waals surface area contributed by atoms with Crippen LogP contribution in [0.4, 0.5) is 4.79 Å². The van der Waals surface area contributed by atoms with Crippen molar-refractivity contribution in [1.29, 1.82) is 0 Å². The lowest BCUT2D eigenvalue weighted by atomic mass is 9.92. The average molecular weight is 292 g/mol. The van der Waals surface area contributed by atoms with Gasteiger partial charge in [0.05, 0.1) is 5.69 Å². The Labute approximate surface area is 125 Å². The molecule has 6 nitrogen and oxygen atoms in total. The van der Waals surface area contributed by atoms with Crippen LogP contribution in [0.5, 0.6) is 0 Å². The number of carbonyl (C=O) groups is 1. The minimum Gasteiger partial charge on any atom is -0.465 e. The van der Waals surface area contributed by atoms with Crippen molar-refractivity contribution in [3.8, 4) is 0 Å². The van der Waals surface area contributed by atoms with Crippen molar-refractivity contribution in [3.63, 3.8) is 0 Å². The monoisotopic (exact) mass is 292 g/mol. The molecule has 1 atom stereocenters. The minimum absolute atomic E-state index is 0.550. The minimum atomic E-state index is -0.770. The fourth-order valence-electron chi connectivity index (χ4n) is 3.69. The Hall–Kier alpha value is -1.56. The molecule has 21 heavy (non-hydrogen) atoms. The van der Waals surface area contributed by atoms with Gasteiger partial charge in [-0.3, -0.25) is 5.10 Å². The summed E-state index contributed by atoms with van der Waals surface area (Å²) in [5.74, 6) is 0.578. The molecule has 0 aliphatic carbocycles. The molecule has 0 bridgehead atoms. The number of rotatable bonds is 2. The van der Waals surface area contributed by atoms with E-state index in [0.717, 1.165) is 45.2 Å². The van der Waals surface area contributed by atoms with Gasteiger partial charge in [-0.1, -0.05) is 0 Å². The van der Waals surface area contributed by atoms with E-state index >= 15 is 0 Å². The van der Waals surface area contributed by atoms with Gasteiger partial charge in [-0.25, -0.2) is 4.79 Å². The molecule has 116 valence electrons. The number of H-pyrrole nitrogens is 1. The Morgan fingerprint density at radius 2 is 2.00 bits per heavy atom. The second-order valence-corrected chi connectivity index (χ2v) is 6.16. The number of aromatic amines is 1. The summed E-state index contributed by atoms with van der Waals surface area (Å²) in [6, 6.07) is 2.63. The zero-order valence-corrected chi connectivity index (χ0v) is 12.4. The first-order chi connectivity index (χ1) is 10.2. The fraction of sp³-hybridized carbons (Fsp3) is 0.733. The number of piperidine rings is 1. The van der Waals surface area contributed by atoms with Gasteiger partial charge in [0.1, 0.15) is 0 Å². The van der Waals surface area contributed by atoms with Crippen LogP contribution in [0, 0.1) is 0 Å². The van der Waals surface area contributed by atoms with Crippen molar-refractivity contribution in [3.05, 3.63) is 18.0 Å². The number of nitrogens with zero attached hydrogens (tertiary/aromatic N) is 3. The summed E-state index contributed by atoms with van der Waals surface area (Å²) >= 11 is 0. The van der Waals surface area contributed by atoms with E-state index < -0.39 is 6.09 Å². The van der Waals surface area contributed by atoms with Crippen molar-refractivity contribution in [2.45, 2.75) is 44.1 Å². The van der Waals surface area contributed by atoms with Gasteiger partial charge in [0.15, 0.2) is 0 Å². The molecule has 2 fully saturated rings. The van der Waals surface area contributed by atoms with Crippen LogP contribution in [0.2, 0.25) is 0 Å². The number of hydrogen-bond acceptors (Lipinski definition) is 3. The van der Waals surface area contributed by atoms with Crippen LogP contribution in [0.25, 0.3) is 0 Å². The zero-order chi connectivity index (χ0) is 14.7. The first-order valence-corrected chi connectivity index (χ1v) is 7.95. The number of aromatic nitrogens is 2. The first kappa shape index (κ1) is 14.4. The van der Waals surface area contributed by atoms with Crippen LogP contribution in [0.1, 0.15) is 43.7 Å². The number of amides is 1. The SMILES string of the molecule is O=C(O)N1CCCC(N2CCC(c3cc[nH]n3)CC2)CC1. The summed E-state index contributed by atoms with van der Waals surface area (Å²) in [5.41, 5.74) is 1.19. The Kier molecular flexibility index (Phi) is 4.43. The Bertz CT molecular complexity index is 454. The molecule has 0 aromatic carbocycles. The van der Waals surface area contributed by atoms with Gasteiger partial charge in [0, 0.05) is 31.2 Å². The molecule has 1 aromatic heterocycles. The number of hydrogen-bond donors (Lipinski definition) is 2. The molecule has 3 heterocycles. The van der Waals surface area contributed by atoms with Gasteiger partial charge in [-0.15, -0.1) is 0 Å². The van der Waals surface area contributed by atoms with Gasteiger partial charge in [-0.05, 0) is 51.3 Å².